The molecule has 1 aliphatic rings. The van der Waals surface area contributed by atoms with Crippen LogP contribution in [0.3, 0.4) is 0 Å². The van der Waals surface area contributed by atoms with Crippen molar-refractivity contribution >= 4 is 5.91 Å². The Bertz CT molecular complexity index is 488. The molecule has 96 valence electrons. The van der Waals surface area contributed by atoms with Gasteiger partial charge in [-0.15, -0.1) is 8.78 Å². The molecule has 0 radical (unpaired) electrons. The van der Waals surface area contributed by atoms with Gasteiger partial charge in [-0.1, -0.05) is 18.7 Å². The van der Waals surface area contributed by atoms with Crippen molar-refractivity contribution in [2.45, 2.75) is 12.7 Å². The van der Waals surface area contributed by atoms with Crippen LogP contribution in [-0.2, 0) is 11.2 Å². The van der Waals surface area contributed by atoms with Crippen LogP contribution in [0.2, 0.25) is 0 Å². The molecule has 1 N–H and O–H groups in total. The van der Waals surface area contributed by atoms with E-state index in [4.69, 9.17) is 0 Å². The number of amides is 1. The van der Waals surface area contributed by atoms with E-state index >= 15 is 0 Å². The molecule has 4 nitrogen and oxygen atoms in total. The summed E-state index contributed by atoms with van der Waals surface area (Å²) in [5, 5.41) is 2.55. The Hall–Kier alpha value is -2.11. The summed E-state index contributed by atoms with van der Waals surface area (Å²) >= 11 is 0. The van der Waals surface area contributed by atoms with Crippen molar-refractivity contribution in [3.05, 3.63) is 36.4 Å². The summed E-state index contributed by atoms with van der Waals surface area (Å²) in [6.45, 7) is 3.61. The van der Waals surface area contributed by atoms with Gasteiger partial charge in [0.05, 0.1) is 0 Å². The number of fused-ring (bicyclic) bond motifs is 1. The van der Waals surface area contributed by atoms with Gasteiger partial charge in [0, 0.05) is 12.1 Å². The lowest BCUT2D eigenvalue weighted by molar-refractivity contribution is -0.286. The fraction of sp³-hybridized carbons (Fsp3) is 0.250. The highest BCUT2D eigenvalue weighted by molar-refractivity contribution is 5.86. The van der Waals surface area contributed by atoms with Crippen molar-refractivity contribution in [3.8, 4) is 11.5 Å². The Labute approximate surface area is 102 Å². The normalized spacial score (nSPS) is 15.2. The van der Waals surface area contributed by atoms with E-state index in [0.29, 0.717) is 18.5 Å². The molecule has 0 spiro atoms. The molecule has 0 aliphatic carbocycles. The van der Waals surface area contributed by atoms with Crippen LogP contribution in [0, 0.1) is 0 Å². The van der Waals surface area contributed by atoms with Crippen LogP contribution in [0.1, 0.15) is 5.56 Å². The third-order valence-electron chi connectivity index (χ3n) is 2.39. The smallest absolute Gasteiger partial charge is 0.395 e. The maximum atomic E-state index is 12.9. The average molecular weight is 255 g/mol. The molecule has 2 rings (SSSR count). The molecule has 1 aliphatic heterocycles. The zero-order chi connectivity index (χ0) is 13.2. The Morgan fingerprint density at radius 1 is 1.44 bits per heavy atom. The van der Waals surface area contributed by atoms with Crippen LogP contribution in [0.5, 0.6) is 11.5 Å². The zero-order valence-corrected chi connectivity index (χ0v) is 9.41. The summed E-state index contributed by atoms with van der Waals surface area (Å²) < 4.78 is 34.5. The van der Waals surface area contributed by atoms with E-state index in [2.05, 4.69) is 21.4 Å². The second-order valence-electron chi connectivity index (χ2n) is 3.66. The third-order valence-corrected chi connectivity index (χ3v) is 2.39. The van der Waals surface area contributed by atoms with E-state index in [0.717, 1.165) is 6.08 Å². The number of hydrogen-bond acceptors (Lipinski definition) is 3. The van der Waals surface area contributed by atoms with E-state index in [1.807, 2.05) is 0 Å². The molecule has 0 saturated heterocycles. The van der Waals surface area contributed by atoms with Crippen LogP contribution in [0.25, 0.3) is 0 Å². The highest BCUT2D eigenvalue weighted by Gasteiger charge is 2.44. The van der Waals surface area contributed by atoms with E-state index in [1.165, 1.54) is 6.07 Å². The van der Waals surface area contributed by atoms with Gasteiger partial charge < -0.3 is 14.8 Å². The standard InChI is InChI=1S/C12H11F2NO3/c1-2-10(16)15-7-6-8-4-3-5-9-11(8)18-12(13,14)17-9/h2-5H,1,6-7H2,(H,15,16). The van der Waals surface area contributed by atoms with Crippen molar-refractivity contribution in [1.82, 2.24) is 5.32 Å². The highest BCUT2D eigenvalue weighted by Crippen LogP contribution is 2.43. The predicted octanol–water partition coefficient (Wildman–Crippen LogP) is 1.85. The molecule has 0 bridgehead atoms. The van der Waals surface area contributed by atoms with Crippen LogP contribution >= 0.6 is 0 Å². The molecule has 0 saturated carbocycles. The van der Waals surface area contributed by atoms with E-state index in [-0.39, 0.29) is 17.4 Å². The van der Waals surface area contributed by atoms with Gasteiger partial charge in [-0.05, 0) is 18.6 Å². The number of benzene rings is 1. The van der Waals surface area contributed by atoms with E-state index in [9.17, 15) is 13.6 Å². The summed E-state index contributed by atoms with van der Waals surface area (Å²) in [4.78, 5) is 10.9. The quantitative estimate of drug-likeness (QED) is 0.835. The second kappa shape index (κ2) is 4.64. The maximum absolute atomic E-state index is 12.9. The van der Waals surface area contributed by atoms with Crippen LogP contribution < -0.4 is 14.8 Å². The average Bonchev–Trinajstić information content (AvgIpc) is 2.63. The summed E-state index contributed by atoms with van der Waals surface area (Å²) in [6, 6.07) is 4.64. The molecule has 0 fully saturated rings. The summed E-state index contributed by atoms with van der Waals surface area (Å²) in [5.74, 6) is -0.284. The molecular formula is C12H11F2NO3. The third kappa shape index (κ3) is 2.58. The van der Waals surface area contributed by atoms with Gasteiger partial charge in [0.2, 0.25) is 5.91 Å². The lowest BCUT2D eigenvalue weighted by atomic mass is 10.1. The minimum atomic E-state index is -3.62. The van der Waals surface area contributed by atoms with E-state index < -0.39 is 6.29 Å². The number of nitrogens with one attached hydrogen (secondary N) is 1. The largest absolute Gasteiger partial charge is 0.586 e. The number of carbonyl (C=O) groups excluding carboxylic acids is 1. The summed E-state index contributed by atoms with van der Waals surface area (Å²) in [7, 11) is 0. The zero-order valence-electron chi connectivity index (χ0n) is 9.41. The molecule has 6 heteroatoms. The fourth-order valence-corrected chi connectivity index (χ4v) is 1.61. The maximum Gasteiger partial charge on any atom is 0.586 e. The lowest BCUT2D eigenvalue weighted by Gasteiger charge is -2.07. The molecule has 1 heterocycles. The van der Waals surface area contributed by atoms with Gasteiger partial charge in [-0.25, -0.2) is 0 Å². The minimum absolute atomic E-state index is 0.00699. The number of rotatable bonds is 4. The highest BCUT2D eigenvalue weighted by atomic mass is 19.3. The molecule has 1 amide bonds. The number of hydrogen-bond donors (Lipinski definition) is 1. The molecule has 1 aromatic rings. The Balaban J connectivity index is 2.05. The van der Waals surface area contributed by atoms with Crippen LogP contribution in [-0.4, -0.2) is 18.7 Å². The number of ether oxygens (including phenoxy) is 2. The number of halogens is 2. The molecule has 0 atom stereocenters. The molecule has 1 aromatic carbocycles. The van der Waals surface area contributed by atoms with Crippen molar-refractivity contribution in [2.24, 2.45) is 0 Å². The predicted molar refractivity (Wildman–Crippen MR) is 59.6 cm³/mol. The Morgan fingerprint density at radius 2 is 2.22 bits per heavy atom. The SMILES string of the molecule is C=CC(=O)NCCc1cccc2c1OC(F)(F)O2. The van der Waals surface area contributed by atoms with Crippen molar-refractivity contribution in [1.29, 1.82) is 0 Å². The van der Waals surface area contributed by atoms with Gasteiger partial charge in [0.15, 0.2) is 11.5 Å². The van der Waals surface area contributed by atoms with Crippen molar-refractivity contribution in [2.75, 3.05) is 6.54 Å². The van der Waals surface area contributed by atoms with Gasteiger partial charge in [0.1, 0.15) is 0 Å². The fourth-order valence-electron chi connectivity index (χ4n) is 1.61. The molecule has 0 aromatic heterocycles. The molecule has 18 heavy (non-hydrogen) atoms. The van der Waals surface area contributed by atoms with Crippen molar-refractivity contribution < 1.29 is 23.0 Å². The topological polar surface area (TPSA) is 47.6 Å². The van der Waals surface area contributed by atoms with Crippen molar-refractivity contribution in [3.63, 3.8) is 0 Å². The lowest BCUT2D eigenvalue weighted by Crippen LogP contribution is -2.26. The Kier molecular flexibility index (Phi) is 3.18. The number of alkyl halides is 2. The first kappa shape index (κ1) is 12.3. The number of para-hydroxylation sites is 1. The Morgan fingerprint density at radius 3 is 2.94 bits per heavy atom. The summed E-state index contributed by atoms with van der Waals surface area (Å²) in [5.41, 5.74) is 0.550. The van der Waals surface area contributed by atoms with Gasteiger partial charge in [0.25, 0.3) is 0 Å². The van der Waals surface area contributed by atoms with E-state index in [1.54, 1.807) is 12.1 Å². The second-order valence-corrected chi connectivity index (χ2v) is 3.66. The minimum Gasteiger partial charge on any atom is -0.395 e. The monoisotopic (exact) mass is 255 g/mol. The van der Waals surface area contributed by atoms with Gasteiger partial charge >= 0.3 is 6.29 Å². The first-order valence-corrected chi connectivity index (χ1v) is 5.30. The summed E-state index contributed by atoms with van der Waals surface area (Å²) in [6.07, 6.45) is -2.12. The van der Waals surface area contributed by atoms with Crippen LogP contribution in [0.15, 0.2) is 30.9 Å². The van der Waals surface area contributed by atoms with Gasteiger partial charge in [-0.2, -0.15) is 0 Å². The first-order chi connectivity index (χ1) is 8.52. The number of carbonyl (C=O) groups is 1. The molecule has 0 unspecified atom stereocenters. The molecular weight excluding hydrogens is 244 g/mol. The van der Waals surface area contributed by atoms with Crippen LogP contribution in [0.4, 0.5) is 8.78 Å². The van der Waals surface area contributed by atoms with Gasteiger partial charge in [-0.3, -0.25) is 4.79 Å². The first-order valence-electron chi connectivity index (χ1n) is 5.30.